The van der Waals surface area contributed by atoms with E-state index < -0.39 is 17.9 Å². The van der Waals surface area contributed by atoms with Crippen LogP contribution in [0.15, 0.2) is 52.4 Å². The molecule has 1 atom stereocenters. The number of halogens is 2. The van der Waals surface area contributed by atoms with E-state index in [-0.39, 0.29) is 11.3 Å². The van der Waals surface area contributed by atoms with Crippen molar-refractivity contribution in [3.05, 3.63) is 64.4 Å². The standard InChI is InChI=1S/C17H11ClFN3O2/c1-22-13-8-4-6-11(18)14(13)15(10-5-2-3-7-12(10)19)21-16(17(22)24)20-9-23/h2-8,16H,1H3. The van der Waals surface area contributed by atoms with Gasteiger partial charge >= 0.3 is 0 Å². The van der Waals surface area contributed by atoms with Gasteiger partial charge in [0.1, 0.15) is 5.82 Å². The van der Waals surface area contributed by atoms with Gasteiger partial charge in [-0.2, -0.15) is 4.99 Å². The number of isocyanates is 1. The van der Waals surface area contributed by atoms with E-state index in [0.717, 1.165) is 0 Å². The maximum Gasteiger partial charge on any atom is 0.274 e. The van der Waals surface area contributed by atoms with E-state index in [1.54, 1.807) is 30.3 Å². The minimum Gasteiger partial charge on any atom is -0.311 e. The number of hydrogen-bond donors (Lipinski definition) is 0. The molecule has 1 unspecified atom stereocenters. The molecule has 7 heteroatoms. The Kier molecular flexibility index (Phi) is 4.25. The van der Waals surface area contributed by atoms with Crippen molar-refractivity contribution >= 4 is 35.0 Å². The quantitative estimate of drug-likeness (QED) is 0.621. The summed E-state index contributed by atoms with van der Waals surface area (Å²) in [6.07, 6.45) is -0.00420. The minimum absolute atomic E-state index is 0.162. The average molecular weight is 344 g/mol. The number of rotatable bonds is 2. The zero-order valence-electron chi connectivity index (χ0n) is 12.5. The Hall–Kier alpha value is -2.82. The van der Waals surface area contributed by atoms with Gasteiger partial charge in [0.2, 0.25) is 12.2 Å². The summed E-state index contributed by atoms with van der Waals surface area (Å²) in [4.78, 5) is 32.1. The van der Waals surface area contributed by atoms with Gasteiger partial charge in [-0.15, -0.1) is 0 Å². The summed E-state index contributed by atoms with van der Waals surface area (Å²) in [6.45, 7) is 0. The van der Waals surface area contributed by atoms with E-state index in [2.05, 4.69) is 9.98 Å². The first-order valence-corrected chi connectivity index (χ1v) is 7.38. The Bertz CT molecular complexity index is 906. The normalized spacial score (nSPS) is 16.8. The molecule has 0 aromatic heterocycles. The zero-order chi connectivity index (χ0) is 17.3. The molecule has 0 saturated carbocycles. The second kappa shape index (κ2) is 6.35. The average Bonchev–Trinajstić information content (AvgIpc) is 2.67. The zero-order valence-corrected chi connectivity index (χ0v) is 13.3. The topological polar surface area (TPSA) is 62.1 Å². The van der Waals surface area contributed by atoms with Crippen molar-refractivity contribution in [2.45, 2.75) is 6.17 Å². The lowest BCUT2D eigenvalue weighted by molar-refractivity contribution is -0.119. The molecule has 1 amide bonds. The van der Waals surface area contributed by atoms with Crippen LogP contribution in [0.4, 0.5) is 10.1 Å². The Labute approximate surface area is 142 Å². The molecular weight excluding hydrogens is 333 g/mol. The maximum atomic E-state index is 14.3. The first-order valence-electron chi connectivity index (χ1n) is 7.00. The van der Waals surface area contributed by atoms with Gasteiger partial charge in [-0.05, 0) is 24.3 Å². The third-order valence-electron chi connectivity index (χ3n) is 3.70. The molecule has 120 valence electrons. The molecular formula is C17H11ClFN3O2. The Morgan fingerprint density at radius 2 is 2.00 bits per heavy atom. The number of amides is 1. The summed E-state index contributed by atoms with van der Waals surface area (Å²) < 4.78 is 14.3. The van der Waals surface area contributed by atoms with Gasteiger partial charge in [0.15, 0.2) is 0 Å². The molecule has 0 spiro atoms. The van der Waals surface area contributed by atoms with Crippen molar-refractivity contribution < 1.29 is 14.0 Å². The number of anilines is 1. The van der Waals surface area contributed by atoms with Crippen molar-refractivity contribution in [3.8, 4) is 0 Å². The highest BCUT2D eigenvalue weighted by molar-refractivity contribution is 6.37. The van der Waals surface area contributed by atoms with Crippen LogP contribution in [0.3, 0.4) is 0 Å². The van der Waals surface area contributed by atoms with Crippen molar-refractivity contribution in [2.24, 2.45) is 9.98 Å². The van der Waals surface area contributed by atoms with Gasteiger partial charge < -0.3 is 4.90 Å². The molecule has 1 heterocycles. The van der Waals surface area contributed by atoms with E-state index in [9.17, 15) is 14.0 Å². The molecule has 2 aromatic carbocycles. The van der Waals surface area contributed by atoms with E-state index in [1.807, 2.05) is 0 Å². The number of fused-ring (bicyclic) bond motifs is 1. The summed E-state index contributed by atoms with van der Waals surface area (Å²) in [6, 6.07) is 11.0. The van der Waals surface area contributed by atoms with E-state index in [4.69, 9.17) is 11.6 Å². The number of carbonyl (C=O) groups is 1. The highest BCUT2D eigenvalue weighted by atomic mass is 35.5. The molecule has 0 fully saturated rings. The van der Waals surface area contributed by atoms with Crippen LogP contribution in [-0.4, -0.2) is 30.9 Å². The molecule has 1 aliphatic rings. The number of aliphatic imine (C=N–C) groups is 2. The van der Waals surface area contributed by atoms with Gasteiger partial charge in [0.05, 0.1) is 16.4 Å². The monoisotopic (exact) mass is 343 g/mol. The van der Waals surface area contributed by atoms with Crippen molar-refractivity contribution in [1.29, 1.82) is 0 Å². The van der Waals surface area contributed by atoms with Crippen LogP contribution in [0.5, 0.6) is 0 Å². The Morgan fingerprint density at radius 1 is 1.25 bits per heavy atom. The number of nitrogens with zero attached hydrogens (tertiary/aromatic N) is 3. The van der Waals surface area contributed by atoms with Gasteiger partial charge in [-0.25, -0.2) is 14.2 Å². The van der Waals surface area contributed by atoms with Gasteiger partial charge in [0.25, 0.3) is 5.91 Å². The van der Waals surface area contributed by atoms with Crippen molar-refractivity contribution in [2.75, 3.05) is 11.9 Å². The Morgan fingerprint density at radius 3 is 2.71 bits per heavy atom. The summed E-state index contributed by atoms with van der Waals surface area (Å²) in [7, 11) is 1.52. The van der Waals surface area contributed by atoms with E-state index in [0.29, 0.717) is 16.3 Å². The summed E-state index contributed by atoms with van der Waals surface area (Å²) >= 11 is 6.30. The fraction of sp³-hybridized carbons (Fsp3) is 0.118. The number of likely N-dealkylation sites (N-methyl/N-ethyl adjacent to an activating group) is 1. The molecule has 2 aromatic rings. The van der Waals surface area contributed by atoms with Crippen LogP contribution in [0, 0.1) is 5.82 Å². The summed E-state index contributed by atoms with van der Waals surface area (Å²) in [5, 5.41) is 0.310. The minimum atomic E-state index is -1.34. The van der Waals surface area contributed by atoms with E-state index >= 15 is 0 Å². The smallest absolute Gasteiger partial charge is 0.274 e. The van der Waals surface area contributed by atoms with Crippen LogP contribution >= 0.6 is 11.6 Å². The van der Waals surface area contributed by atoms with Gasteiger partial charge in [-0.1, -0.05) is 29.8 Å². The van der Waals surface area contributed by atoms with Gasteiger partial charge in [-0.3, -0.25) is 4.79 Å². The highest BCUT2D eigenvalue weighted by Crippen LogP contribution is 2.33. The first-order chi connectivity index (χ1) is 11.5. The molecule has 3 rings (SSSR count). The molecule has 0 radical (unpaired) electrons. The molecule has 0 N–H and O–H groups in total. The van der Waals surface area contributed by atoms with Crippen LogP contribution in [0.2, 0.25) is 5.02 Å². The van der Waals surface area contributed by atoms with E-state index in [1.165, 1.54) is 30.2 Å². The number of benzene rings is 2. The predicted molar refractivity (Wildman–Crippen MR) is 88.8 cm³/mol. The molecule has 0 aliphatic carbocycles. The predicted octanol–water partition coefficient (Wildman–Crippen LogP) is 2.95. The van der Waals surface area contributed by atoms with Crippen molar-refractivity contribution in [3.63, 3.8) is 0 Å². The lowest BCUT2D eigenvalue weighted by atomic mass is 9.99. The molecule has 5 nitrogen and oxygen atoms in total. The van der Waals surface area contributed by atoms with Crippen LogP contribution in [-0.2, 0) is 9.59 Å². The second-order valence-corrected chi connectivity index (χ2v) is 5.49. The maximum absolute atomic E-state index is 14.3. The molecule has 24 heavy (non-hydrogen) atoms. The van der Waals surface area contributed by atoms with Gasteiger partial charge in [0, 0.05) is 18.2 Å². The fourth-order valence-electron chi connectivity index (χ4n) is 2.55. The molecule has 1 aliphatic heterocycles. The summed E-state index contributed by atoms with van der Waals surface area (Å²) in [5.41, 5.74) is 1.19. The lowest BCUT2D eigenvalue weighted by Gasteiger charge is -2.19. The molecule has 0 saturated heterocycles. The third kappa shape index (κ3) is 2.62. The van der Waals surface area contributed by atoms with Crippen molar-refractivity contribution in [1.82, 2.24) is 0 Å². The third-order valence-corrected chi connectivity index (χ3v) is 4.01. The van der Waals surface area contributed by atoms with Crippen LogP contribution in [0.25, 0.3) is 0 Å². The van der Waals surface area contributed by atoms with Crippen LogP contribution in [0.1, 0.15) is 11.1 Å². The highest BCUT2D eigenvalue weighted by Gasteiger charge is 2.31. The first kappa shape index (κ1) is 16.1. The number of carbonyl (C=O) groups excluding carboxylic acids is 2. The molecule has 0 bridgehead atoms. The second-order valence-electron chi connectivity index (χ2n) is 5.08. The largest absolute Gasteiger partial charge is 0.311 e. The van der Waals surface area contributed by atoms with Crippen LogP contribution < -0.4 is 4.90 Å². The lowest BCUT2D eigenvalue weighted by Crippen LogP contribution is -2.33. The Balaban J connectivity index is 2.36. The number of benzodiazepines with no additional fused rings is 1. The number of hydrogen-bond acceptors (Lipinski definition) is 4. The summed E-state index contributed by atoms with van der Waals surface area (Å²) in [5.74, 6) is -1.05. The SMILES string of the molecule is CN1C(=O)C(N=C=O)N=C(c2ccccc2F)c2c(Cl)cccc21. The fourth-order valence-corrected chi connectivity index (χ4v) is 2.81.